The number of carbonyl (C=O) groups is 2. The van der Waals surface area contributed by atoms with E-state index in [9.17, 15) is 22.4 Å². The van der Waals surface area contributed by atoms with Crippen LogP contribution in [0.4, 0.5) is 10.1 Å². The van der Waals surface area contributed by atoms with Gasteiger partial charge in [0.25, 0.3) is 10.0 Å². The van der Waals surface area contributed by atoms with Crippen LogP contribution in [0.1, 0.15) is 46.1 Å². The van der Waals surface area contributed by atoms with Crippen LogP contribution < -0.4 is 14.4 Å². The molecule has 0 heterocycles. The number of sulfonamides is 1. The van der Waals surface area contributed by atoms with Gasteiger partial charge in [0.1, 0.15) is 24.2 Å². The molecule has 41 heavy (non-hydrogen) atoms. The highest BCUT2D eigenvalue weighted by Crippen LogP contribution is 2.26. The molecule has 3 rings (SSSR count). The molecule has 10 heteroatoms. The fourth-order valence-corrected chi connectivity index (χ4v) is 5.69. The summed E-state index contributed by atoms with van der Waals surface area (Å²) in [5.41, 5.74) is 0.906. The first-order valence-corrected chi connectivity index (χ1v) is 15.2. The lowest BCUT2D eigenvalue weighted by molar-refractivity contribution is -0.140. The van der Waals surface area contributed by atoms with Crippen molar-refractivity contribution in [3.63, 3.8) is 0 Å². The summed E-state index contributed by atoms with van der Waals surface area (Å²) in [4.78, 5) is 28.7. The molecular formula is C31H38FN3O5S. The van der Waals surface area contributed by atoms with Crippen molar-refractivity contribution >= 4 is 27.5 Å². The maximum absolute atomic E-state index is 14.0. The van der Waals surface area contributed by atoms with Crippen molar-refractivity contribution in [3.8, 4) is 5.75 Å². The number of hydrogen-bond acceptors (Lipinski definition) is 5. The Morgan fingerprint density at radius 1 is 0.902 bits per heavy atom. The number of nitrogens with zero attached hydrogens (tertiary/aromatic N) is 2. The van der Waals surface area contributed by atoms with Crippen LogP contribution in [0.25, 0.3) is 0 Å². The van der Waals surface area contributed by atoms with Crippen LogP contribution in [-0.4, -0.2) is 50.4 Å². The highest BCUT2D eigenvalue weighted by atomic mass is 32.2. The van der Waals surface area contributed by atoms with E-state index < -0.39 is 34.3 Å². The lowest BCUT2D eigenvalue weighted by atomic mass is 10.1. The molecule has 2 amide bonds. The van der Waals surface area contributed by atoms with Crippen LogP contribution >= 0.6 is 0 Å². The SMILES string of the molecule is CCOc1ccc(S(=O)(=O)N(CC(=O)N(Cc2ccc(F)cc2)[C@H](CC)C(=O)N[C@H](C)CC)c2ccccc2)cc1. The molecule has 0 bridgehead atoms. The summed E-state index contributed by atoms with van der Waals surface area (Å²) in [7, 11) is -4.19. The number of benzene rings is 3. The Bertz CT molecular complexity index is 1380. The van der Waals surface area contributed by atoms with Gasteiger partial charge in [0.05, 0.1) is 17.2 Å². The summed E-state index contributed by atoms with van der Waals surface area (Å²) in [6.07, 6.45) is 1.00. The van der Waals surface area contributed by atoms with Crippen LogP contribution in [0.2, 0.25) is 0 Å². The Morgan fingerprint density at radius 2 is 1.54 bits per heavy atom. The fourth-order valence-electron chi connectivity index (χ4n) is 4.27. The normalized spacial score (nSPS) is 12.7. The van der Waals surface area contributed by atoms with Crippen LogP contribution in [0.5, 0.6) is 5.75 Å². The molecule has 0 radical (unpaired) electrons. The van der Waals surface area contributed by atoms with E-state index in [-0.39, 0.29) is 23.4 Å². The van der Waals surface area contributed by atoms with Gasteiger partial charge in [0.2, 0.25) is 11.8 Å². The Balaban J connectivity index is 2.02. The molecule has 3 aromatic rings. The Kier molecular flexibility index (Phi) is 11.3. The third-order valence-corrected chi connectivity index (χ3v) is 8.49. The van der Waals surface area contributed by atoms with Crippen LogP contribution in [-0.2, 0) is 26.2 Å². The molecule has 0 aliphatic carbocycles. The van der Waals surface area contributed by atoms with Gasteiger partial charge in [0, 0.05) is 12.6 Å². The highest BCUT2D eigenvalue weighted by molar-refractivity contribution is 7.92. The average molecular weight is 584 g/mol. The van der Waals surface area contributed by atoms with Crippen LogP contribution in [0.3, 0.4) is 0 Å². The highest BCUT2D eigenvalue weighted by Gasteiger charge is 2.34. The van der Waals surface area contributed by atoms with Gasteiger partial charge >= 0.3 is 0 Å². The van der Waals surface area contributed by atoms with Gasteiger partial charge in [0.15, 0.2) is 0 Å². The molecule has 2 atom stereocenters. The van der Waals surface area contributed by atoms with Crippen molar-refractivity contribution in [2.75, 3.05) is 17.5 Å². The molecule has 0 aromatic heterocycles. The Hall–Kier alpha value is -3.92. The number of anilines is 1. The first kappa shape index (κ1) is 31.6. The molecule has 1 N–H and O–H groups in total. The number of rotatable bonds is 14. The number of para-hydroxylation sites is 1. The smallest absolute Gasteiger partial charge is 0.264 e. The second-order valence-corrected chi connectivity index (χ2v) is 11.5. The third kappa shape index (κ3) is 8.29. The van der Waals surface area contributed by atoms with E-state index in [2.05, 4.69) is 5.32 Å². The lowest BCUT2D eigenvalue weighted by Gasteiger charge is -2.33. The summed E-state index contributed by atoms with van der Waals surface area (Å²) in [5, 5.41) is 2.93. The van der Waals surface area contributed by atoms with Gasteiger partial charge in [-0.25, -0.2) is 12.8 Å². The lowest BCUT2D eigenvalue weighted by Crippen LogP contribution is -2.53. The summed E-state index contributed by atoms with van der Waals surface area (Å²) in [6.45, 7) is 7.32. The third-order valence-electron chi connectivity index (χ3n) is 6.70. The molecule has 220 valence electrons. The molecule has 0 aliphatic heterocycles. The fraction of sp³-hybridized carbons (Fsp3) is 0.355. The van der Waals surface area contributed by atoms with Crippen LogP contribution in [0, 0.1) is 5.82 Å². The van der Waals surface area contributed by atoms with E-state index >= 15 is 0 Å². The molecule has 0 aliphatic rings. The van der Waals surface area contributed by atoms with E-state index in [1.807, 2.05) is 20.8 Å². The molecule has 0 spiro atoms. The minimum absolute atomic E-state index is 0.00270. The molecule has 8 nitrogen and oxygen atoms in total. The quantitative estimate of drug-likeness (QED) is 0.284. The van der Waals surface area contributed by atoms with Crippen molar-refractivity contribution in [3.05, 3.63) is 90.2 Å². The number of carbonyl (C=O) groups excluding carboxylic acids is 2. The molecule has 0 saturated heterocycles. The van der Waals surface area contributed by atoms with E-state index in [1.165, 1.54) is 29.2 Å². The van der Waals surface area contributed by atoms with Crippen molar-refractivity contribution in [1.82, 2.24) is 10.2 Å². The number of ether oxygens (including phenoxy) is 1. The molecule has 3 aromatic carbocycles. The molecule has 0 fully saturated rings. The van der Waals surface area contributed by atoms with Crippen molar-refractivity contribution < 1.29 is 27.1 Å². The van der Waals surface area contributed by atoms with Gasteiger partial charge in [-0.3, -0.25) is 13.9 Å². The van der Waals surface area contributed by atoms with Crippen molar-refractivity contribution in [2.24, 2.45) is 0 Å². The number of hydrogen-bond donors (Lipinski definition) is 1. The topological polar surface area (TPSA) is 96.0 Å². The van der Waals surface area contributed by atoms with Gasteiger partial charge < -0.3 is 15.0 Å². The maximum atomic E-state index is 14.0. The summed E-state index contributed by atoms with van der Waals surface area (Å²) >= 11 is 0. The standard InChI is InChI=1S/C31H38FN3O5S/c1-5-23(4)33-31(37)29(6-2)34(21-24-13-15-25(32)16-14-24)30(36)22-35(26-11-9-8-10-12-26)41(38,39)28-19-17-27(18-20-28)40-7-3/h8-20,23,29H,5-7,21-22H2,1-4H3,(H,33,37)/t23-,29-/m1/s1. The minimum atomic E-state index is -4.19. The second-order valence-electron chi connectivity index (χ2n) is 9.64. The van der Waals surface area contributed by atoms with Gasteiger partial charge in [-0.2, -0.15) is 0 Å². The number of amides is 2. The van der Waals surface area contributed by atoms with Crippen molar-refractivity contribution in [2.45, 2.75) is 64.1 Å². The first-order chi connectivity index (χ1) is 19.6. The second kappa shape index (κ2) is 14.6. The van der Waals surface area contributed by atoms with E-state index in [1.54, 1.807) is 61.5 Å². The average Bonchev–Trinajstić information content (AvgIpc) is 2.97. The van der Waals surface area contributed by atoms with Crippen molar-refractivity contribution in [1.29, 1.82) is 0 Å². The Morgan fingerprint density at radius 3 is 2.10 bits per heavy atom. The number of nitrogens with one attached hydrogen (secondary N) is 1. The first-order valence-electron chi connectivity index (χ1n) is 13.8. The Labute approximate surface area is 242 Å². The molecule has 0 saturated carbocycles. The zero-order chi connectivity index (χ0) is 30.0. The van der Waals surface area contributed by atoms with Gasteiger partial charge in [-0.15, -0.1) is 0 Å². The van der Waals surface area contributed by atoms with Crippen LogP contribution in [0.15, 0.2) is 83.8 Å². The minimum Gasteiger partial charge on any atom is -0.494 e. The zero-order valence-electron chi connectivity index (χ0n) is 23.9. The van der Waals surface area contributed by atoms with E-state index in [0.29, 0.717) is 36.4 Å². The predicted molar refractivity (Wildman–Crippen MR) is 158 cm³/mol. The molecular weight excluding hydrogens is 545 g/mol. The van der Waals surface area contributed by atoms with Gasteiger partial charge in [-0.1, -0.05) is 44.2 Å². The number of halogens is 1. The predicted octanol–water partition coefficient (Wildman–Crippen LogP) is 5.14. The van der Waals surface area contributed by atoms with E-state index in [0.717, 1.165) is 4.31 Å². The summed E-state index contributed by atoms with van der Waals surface area (Å²) in [6, 6.07) is 19.0. The summed E-state index contributed by atoms with van der Waals surface area (Å²) in [5.74, 6) is -0.806. The summed E-state index contributed by atoms with van der Waals surface area (Å²) < 4.78 is 47.9. The zero-order valence-corrected chi connectivity index (χ0v) is 24.7. The monoisotopic (exact) mass is 583 g/mol. The maximum Gasteiger partial charge on any atom is 0.264 e. The molecule has 0 unspecified atom stereocenters. The van der Waals surface area contributed by atoms with E-state index in [4.69, 9.17) is 4.74 Å². The largest absolute Gasteiger partial charge is 0.494 e. The van der Waals surface area contributed by atoms with Gasteiger partial charge in [-0.05, 0) is 80.8 Å².